The number of amides is 1. The molecule has 4 aromatic rings. The Balaban J connectivity index is 1.27. The summed E-state index contributed by atoms with van der Waals surface area (Å²) in [6.45, 7) is 7.58. The molecule has 3 heterocycles. The molecule has 1 aliphatic rings. The number of piperazine rings is 1. The fourth-order valence-corrected chi connectivity index (χ4v) is 4.30. The molecule has 1 amide bonds. The number of carbonyl (C=O) groups is 1. The van der Waals surface area contributed by atoms with Gasteiger partial charge in [0.15, 0.2) is 0 Å². The first-order valence-corrected chi connectivity index (χ1v) is 11.6. The van der Waals surface area contributed by atoms with Gasteiger partial charge < -0.3 is 15.1 Å². The minimum atomic E-state index is -0.0225. The molecule has 0 aliphatic carbocycles. The zero-order chi connectivity index (χ0) is 23.5. The Bertz CT molecular complexity index is 1300. The Morgan fingerprint density at radius 3 is 2.35 bits per heavy atom. The van der Waals surface area contributed by atoms with Crippen molar-refractivity contribution in [3.05, 3.63) is 83.7 Å². The number of hydrogen-bond acceptors (Lipinski definition) is 6. The molecule has 1 saturated heterocycles. The second kappa shape index (κ2) is 9.47. The van der Waals surface area contributed by atoms with Crippen molar-refractivity contribution in [2.45, 2.75) is 20.3 Å². The lowest BCUT2D eigenvalue weighted by Crippen LogP contribution is -2.47. The van der Waals surface area contributed by atoms with Gasteiger partial charge in [-0.2, -0.15) is 0 Å². The van der Waals surface area contributed by atoms with Crippen LogP contribution >= 0.6 is 0 Å². The number of nitrogens with one attached hydrogen (secondary N) is 1. The van der Waals surface area contributed by atoms with E-state index in [4.69, 9.17) is 4.98 Å². The second-order valence-electron chi connectivity index (χ2n) is 8.76. The highest BCUT2D eigenvalue weighted by molar-refractivity contribution is 5.95. The van der Waals surface area contributed by atoms with Crippen LogP contribution < -0.4 is 15.1 Å². The number of aryl methyl sites for hydroxylation is 2. The normalized spacial score (nSPS) is 13.8. The molecule has 1 N–H and O–H groups in total. The maximum Gasteiger partial charge on any atom is 0.228 e. The van der Waals surface area contributed by atoms with Gasteiger partial charge >= 0.3 is 0 Å². The van der Waals surface area contributed by atoms with Crippen molar-refractivity contribution >= 4 is 34.3 Å². The average Bonchev–Trinajstić information content (AvgIpc) is 2.86. The summed E-state index contributed by atoms with van der Waals surface area (Å²) in [5, 5.41) is 4.08. The Labute approximate surface area is 199 Å². The third-order valence-corrected chi connectivity index (χ3v) is 6.21. The Morgan fingerprint density at radius 2 is 1.62 bits per heavy atom. The van der Waals surface area contributed by atoms with Crippen LogP contribution in [0, 0.1) is 13.8 Å². The van der Waals surface area contributed by atoms with Gasteiger partial charge in [0.1, 0.15) is 5.82 Å². The van der Waals surface area contributed by atoms with Gasteiger partial charge in [0.05, 0.1) is 11.9 Å². The molecule has 0 saturated carbocycles. The number of hydrogen-bond donors (Lipinski definition) is 1. The maximum absolute atomic E-state index is 12.5. The summed E-state index contributed by atoms with van der Waals surface area (Å²) in [5.41, 5.74) is 5.06. The van der Waals surface area contributed by atoms with E-state index in [1.54, 1.807) is 12.4 Å². The lowest BCUT2D eigenvalue weighted by molar-refractivity contribution is -0.115. The van der Waals surface area contributed by atoms with E-state index < -0.39 is 0 Å². The van der Waals surface area contributed by atoms with Crippen molar-refractivity contribution in [3.63, 3.8) is 0 Å². The van der Waals surface area contributed by atoms with Crippen molar-refractivity contribution in [1.29, 1.82) is 0 Å². The van der Waals surface area contributed by atoms with Crippen molar-refractivity contribution in [2.24, 2.45) is 0 Å². The van der Waals surface area contributed by atoms with E-state index >= 15 is 0 Å². The van der Waals surface area contributed by atoms with Crippen molar-refractivity contribution < 1.29 is 4.79 Å². The summed E-state index contributed by atoms with van der Waals surface area (Å²) in [4.78, 5) is 30.7. The topological polar surface area (TPSA) is 74.2 Å². The zero-order valence-corrected chi connectivity index (χ0v) is 19.5. The van der Waals surface area contributed by atoms with Crippen molar-refractivity contribution in [3.8, 4) is 0 Å². The molecule has 2 aromatic carbocycles. The van der Waals surface area contributed by atoms with Crippen LogP contribution in [0.1, 0.15) is 16.7 Å². The lowest BCUT2D eigenvalue weighted by atomic mass is 10.1. The summed E-state index contributed by atoms with van der Waals surface area (Å²) in [6, 6.07) is 17.9. The van der Waals surface area contributed by atoms with E-state index in [0.717, 1.165) is 65.7 Å². The predicted molar refractivity (Wildman–Crippen MR) is 136 cm³/mol. The Morgan fingerprint density at radius 1 is 0.912 bits per heavy atom. The molecule has 5 rings (SSSR count). The number of nitrogens with zero attached hydrogens (tertiary/aromatic N) is 5. The van der Waals surface area contributed by atoms with E-state index in [2.05, 4.69) is 38.1 Å². The molecule has 7 heteroatoms. The van der Waals surface area contributed by atoms with Crippen molar-refractivity contribution in [2.75, 3.05) is 41.3 Å². The number of rotatable bonds is 5. The van der Waals surface area contributed by atoms with Crippen LogP contribution in [0.25, 0.3) is 10.9 Å². The molecule has 0 unspecified atom stereocenters. The van der Waals surface area contributed by atoms with Crippen LogP contribution in [0.15, 0.2) is 67.0 Å². The number of fused-ring (bicyclic) bond motifs is 1. The quantitative estimate of drug-likeness (QED) is 0.490. The maximum atomic E-state index is 12.5. The third-order valence-electron chi connectivity index (χ3n) is 6.21. The van der Waals surface area contributed by atoms with Crippen LogP contribution in [0.3, 0.4) is 0 Å². The molecule has 7 nitrogen and oxygen atoms in total. The SMILES string of the molecule is Cc1ccc(CC(=O)Nc2ccc3nc(N4CCN(c5ncccn5)CC4)cc(C)c3c2)cc1. The molecule has 0 spiro atoms. The molecule has 0 radical (unpaired) electrons. The van der Waals surface area contributed by atoms with E-state index in [1.807, 2.05) is 55.5 Å². The monoisotopic (exact) mass is 452 g/mol. The fourth-order valence-electron chi connectivity index (χ4n) is 4.30. The minimum absolute atomic E-state index is 0.0225. The second-order valence-corrected chi connectivity index (χ2v) is 8.76. The molecular formula is C27H28N6O. The van der Waals surface area contributed by atoms with Crippen LogP contribution in [0.4, 0.5) is 17.5 Å². The Hall–Kier alpha value is -4.00. The highest BCUT2D eigenvalue weighted by atomic mass is 16.1. The van der Waals surface area contributed by atoms with Gasteiger partial charge in [-0.1, -0.05) is 29.8 Å². The summed E-state index contributed by atoms with van der Waals surface area (Å²) in [6.07, 6.45) is 3.92. The first-order valence-electron chi connectivity index (χ1n) is 11.6. The summed E-state index contributed by atoms with van der Waals surface area (Å²) >= 11 is 0. The van der Waals surface area contributed by atoms with Gasteiger partial charge in [0.25, 0.3) is 0 Å². The molecule has 1 aliphatic heterocycles. The van der Waals surface area contributed by atoms with E-state index in [-0.39, 0.29) is 5.91 Å². The molecule has 0 atom stereocenters. The molecule has 2 aromatic heterocycles. The standard InChI is InChI=1S/C27H28N6O/c1-19-4-6-21(7-5-19)17-26(34)30-22-8-9-24-23(18-22)20(2)16-25(31-24)32-12-14-33(15-13-32)27-28-10-3-11-29-27/h3-11,16,18H,12-15,17H2,1-2H3,(H,30,34). The molecule has 34 heavy (non-hydrogen) atoms. The highest BCUT2D eigenvalue weighted by Gasteiger charge is 2.20. The molecule has 1 fully saturated rings. The number of carbonyl (C=O) groups excluding carboxylic acids is 1. The van der Waals surface area contributed by atoms with Gasteiger partial charge in [-0.3, -0.25) is 4.79 Å². The van der Waals surface area contributed by atoms with E-state index in [9.17, 15) is 4.79 Å². The predicted octanol–water partition coefficient (Wildman–Crippen LogP) is 4.15. The average molecular weight is 453 g/mol. The number of pyridine rings is 1. The lowest BCUT2D eigenvalue weighted by Gasteiger charge is -2.35. The first-order chi connectivity index (χ1) is 16.5. The van der Waals surface area contributed by atoms with Crippen LogP contribution in [-0.4, -0.2) is 47.0 Å². The smallest absolute Gasteiger partial charge is 0.228 e. The fraction of sp³-hybridized carbons (Fsp3) is 0.259. The highest BCUT2D eigenvalue weighted by Crippen LogP contribution is 2.26. The van der Waals surface area contributed by atoms with Gasteiger partial charge in [-0.15, -0.1) is 0 Å². The van der Waals surface area contributed by atoms with Crippen LogP contribution in [-0.2, 0) is 11.2 Å². The largest absolute Gasteiger partial charge is 0.353 e. The minimum Gasteiger partial charge on any atom is -0.353 e. The zero-order valence-electron chi connectivity index (χ0n) is 19.5. The van der Waals surface area contributed by atoms with Gasteiger partial charge in [-0.05, 0) is 55.3 Å². The Kier molecular flexibility index (Phi) is 6.08. The number of aromatic nitrogens is 3. The van der Waals surface area contributed by atoms with Crippen molar-refractivity contribution in [1.82, 2.24) is 15.0 Å². The van der Waals surface area contributed by atoms with E-state index in [1.165, 1.54) is 5.56 Å². The van der Waals surface area contributed by atoms with Gasteiger partial charge in [0, 0.05) is 49.6 Å². The van der Waals surface area contributed by atoms with Crippen LogP contribution in [0.5, 0.6) is 0 Å². The summed E-state index contributed by atoms with van der Waals surface area (Å²) < 4.78 is 0. The summed E-state index contributed by atoms with van der Waals surface area (Å²) in [5.74, 6) is 1.74. The van der Waals surface area contributed by atoms with Crippen LogP contribution in [0.2, 0.25) is 0 Å². The molecule has 172 valence electrons. The summed E-state index contributed by atoms with van der Waals surface area (Å²) in [7, 11) is 0. The third kappa shape index (κ3) is 4.83. The van der Waals surface area contributed by atoms with Gasteiger partial charge in [0.2, 0.25) is 11.9 Å². The van der Waals surface area contributed by atoms with E-state index in [0.29, 0.717) is 6.42 Å². The number of anilines is 3. The number of benzene rings is 2. The molecule has 0 bridgehead atoms. The first kappa shape index (κ1) is 21.8. The molecular weight excluding hydrogens is 424 g/mol. The van der Waals surface area contributed by atoms with Gasteiger partial charge in [-0.25, -0.2) is 15.0 Å².